The van der Waals surface area contributed by atoms with Gasteiger partial charge in [0.25, 0.3) is 0 Å². The van der Waals surface area contributed by atoms with E-state index in [1.54, 1.807) is 0 Å². The van der Waals surface area contributed by atoms with Gasteiger partial charge in [-0.2, -0.15) is 0 Å². The fourth-order valence-corrected chi connectivity index (χ4v) is 3.03. The van der Waals surface area contributed by atoms with E-state index < -0.39 is 6.10 Å². The third-order valence-corrected chi connectivity index (χ3v) is 5.01. The van der Waals surface area contributed by atoms with Crippen LogP contribution in [0.5, 0.6) is 0 Å². The molecule has 0 amide bonds. The Morgan fingerprint density at radius 3 is 2.14 bits per heavy atom. The first-order valence-electron chi connectivity index (χ1n) is 8.11. The first-order valence-corrected chi connectivity index (χ1v) is 8.11. The second-order valence-electron chi connectivity index (χ2n) is 6.94. The van der Waals surface area contributed by atoms with Crippen molar-refractivity contribution in [3.63, 3.8) is 0 Å². The summed E-state index contributed by atoms with van der Waals surface area (Å²) >= 11 is 0. The number of hydrogen-bond acceptors (Lipinski definition) is 3. The van der Waals surface area contributed by atoms with E-state index >= 15 is 0 Å². The van der Waals surface area contributed by atoms with Crippen LogP contribution in [-0.4, -0.2) is 42.7 Å². The van der Waals surface area contributed by atoms with Crippen LogP contribution in [0.3, 0.4) is 0 Å². The Kier molecular flexibility index (Phi) is 5.42. The Balaban J connectivity index is 1.83. The number of hydrogen-bond donors (Lipinski definition) is 2. The van der Waals surface area contributed by atoms with Crippen molar-refractivity contribution < 1.29 is 5.11 Å². The van der Waals surface area contributed by atoms with Crippen molar-refractivity contribution in [2.24, 2.45) is 0 Å². The largest absolute Gasteiger partial charge is 0.387 e. The van der Waals surface area contributed by atoms with Crippen molar-refractivity contribution in [2.45, 2.75) is 50.7 Å². The maximum absolute atomic E-state index is 10.3. The molecule has 1 aromatic rings. The molecule has 0 aliphatic heterocycles. The lowest BCUT2D eigenvalue weighted by Crippen LogP contribution is -2.56. The minimum atomic E-state index is -0.425. The molecule has 3 heteroatoms. The molecule has 1 fully saturated rings. The summed E-state index contributed by atoms with van der Waals surface area (Å²) < 4.78 is 0. The summed E-state index contributed by atoms with van der Waals surface area (Å²) in [5, 5.41) is 13.8. The summed E-state index contributed by atoms with van der Waals surface area (Å²) in [6, 6.07) is 8.34. The van der Waals surface area contributed by atoms with Crippen LogP contribution in [-0.2, 0) is 0 Å². The Labute approximate surface area is 129 Å². The van der Waals surface area contributed by atoms with Crippen LogP contribution in [0, 0.1) is 0 Å². The lowest BCUT2D eigenvalue weighted by molar-refractivity contribution is 0.0555. The molecule has 21 heavy (non-hydrogen) atoms. The zero-order valence-electron chi connectivity index (χ0n) is 13.9. The second-order valence-corrected chi connectivity index (χ2v) is 6.94. The second kappa shape index (κ2) is 6.91. The topological polar surface area (TPSA) is 35.5 Å². The van der Waals surface area contributed by atoms with Gasteiger partial charge in [-0.05, 0) is 50.4 Å². The van der Waals surface area contributed by atoms with E-state index in [1.165, 1.54) is 24.8 Å². The van der Waals surface area contributed by atoms with Gasteiger partial charge in [0, 0.05) is 18.6 Å². The van der Waals surface area contributed by atoms with Crippen molar-refractivity contribution in [3.05, 3.63) is 35.4 Å². The van der Waals surface area contributed by atoms with E-state index in [1.807, 2.05) is 12.1 Å². The highest BCUT2D eigenvalue weighted by atomic mass is 16.3. The number of likely N-dealkylation sites (N-methyl/N-ethyl adjacent to an activating group) is 1. The molecule has 0 heterocycles. The predicted octanol–water partition coefficient (Wildman–Crippen LogP) is 2.92. The Bertz CT molecular complexity index is 435. The molecular weight excluding hydrogens is 260 g/mol. The van der Waals surface area contributed by atoms with Gasteiger partial charge in [0.2, 0.25) is 0 Å². The molecule has 1 aliphatic rings. The summed E-state index contributed by atoms with van der Waals surface area (Å²) in [5.74, 6) is 0.535. The van der Waals surface area contributed by atoms with Crippen LogP contribution in [0.15, 0.2) is 24.3 Å². The average molecular weight is 290 g/mol. The Morgan fingerprint density at radius 1 is 1.14 bits per heavy atom. The summed E-state index contributed by atoms with van der Waals surface area (Å²) in [5.41, 5.74) is 2.63. The highest BCUT2D eigenvalue weighted by molar-refractivity contribution is 5.26. The summed E-state index contributed by atoms with van der Waals surface area (Å²) in [6.45, 7) is 5.95. The summed E-state index contributed by atoms with van der Waals surface area (Å²) in [7, 11) is 4.31. The zero-order chi connectivity index (χ0) is 15.5. The number of rotatable bonds is 7. The first-order chi connectivity index (χ1) is 9.94. The average Bonchev–Trinajstić information content (AvgIpc) is 2.41. The maximum atomic E-state index is 10.3. The van der Waals surface area contributed by atoms with E-state index in [9.17, 15) is 5.11 Å². The number of benzene rings is 1. The van der Waals surface area contributed by atoms with Crippen molar-refractivity contribution in [1.82, 2.24) is 10.2 Å². The van der Waals surface area contributed by atoms with Crippen molar-refractivity contribution in [3.8, 4) is 0 Å². The predicted molar refractivity (Wildman–Crippen MR) is 88.6 cm³/mol. The van der Waals surface area contributed by atoms with Crippen molar-refractivity contribution in [1.29, 1.82) is 0 Å². The third-order valence-electron chi connectivity index (χ3n) is 5.01. The first kappa shape index (κ1) is 16.5. The molecule has 1 aliphatic carbocycles. The van der Waals surface area contributed by atoms with E-state index in [-0.39, 0.29) is 0 Å². The maximum Gasteiger partial charge on any atom is 0.0914 e. The van der Waals surface area contributed by atoms with Gasteiger partial charge >= 0.3 is 0 Å². The highest BCUT2D eigenvalue weighted by Gasteiger charge is 2.38. The molecule has 0 radical (unpaired) electrons. The third kappa shape index (κ3) is 3.85. The van der Waals surface area contributed by atoms with Gasteiger partial charge in [0.05, 0.1) is 6.10 Å². The molecule has 118 valence electrons. The minimum Gasteiger partial charge on any atom is -0.387 e. The van der Waals surface area contributed by atoms with E-state index in [4.69, 9.17) is 0 Å². The molecule has 0 spiro atoms. The van der Waals surface area contributed by atoms with Gasteiger partial charge in [-0.15, -0.1) is 0 Å². The molecule has 2 rings (SSSR count). The highest BCUT2D eigenvalue weighted by Crippen LogP contribution is 2.35. The zero-order valence-corrected chi connectivity index (χ0v) is 13.9. The number of nitrogens with one attached hydrogen (secondary N) is 1. The SMILES string of the molecule is CC(C)c1ccc(C(O)CNCC2(N(C)C)CCC2)cc1. The molecule has 1 atom stereocenters. The van der Waals surface area contributed by atoms with Gasteiger partial charge in [-0.1, -0.05) is 38.1 Å². The molecule has 0 bridgehead atoms. The monoisotopic (exact) mass is 290 g/mol. The molecule has 3 nitrogen and oxygen atoms in total. The van der Waals surface area contributed by atoms with Gasteiger partial charge in [-0.3, -0.25) is 0 Å². The molecule has 1 unspecified atom stereocenters. The van der Waals surface area contributed by atoms with Crippen LogP contribution in [0.2, 0.25) is 0 Å². The van der Waals surface area contributed by atoms with E-state index in [0.717, 1.165) is 12.1 Å². The molecule has 2 N–H and O–H groups in total. The molecule has 0 aromatic heterocycles. The standard InChI is InChI=1S/C18H30N2O/c1-14(2)15-6-8-16(9-7-15)17(21)12-19-13-18(20(3)4)10-5-11-18/h6-9,14,17,19,21H,5,10-13H2,1-4H3. The van der Waals surface area contributed by atoms with Crippen molar-refractivity contribution >= 4 is 0 Å². The summed E-state index contributed by atoms with van der Waals surface area (Å²) in [4.78, 5) is 2.33. The molecule has 1 saturated carbocycles. The minimum absolute atomic E-state index is 0.307. The lowest BCUT2D eigenvalue weighted by Gasteiger charge is -2.47. The van der Waals surface area contributed by atoms with Gasteiger partial charge in [0.1, 0.15) is 0 Å². The van der Waals surface area contributed by atoms with Gasteiger partial charge in [0.15, 0.2) is 0 Å². The molecular formula is C18H30N2O. The van der Waals surface area contributed by atoms with Crippen LogP contribution < -0.4 is 5.32 Å². The number of aliphatic hydroxyl groups excluding tert-OH is 1. The van der Waals surface area contributed by atoms with E-state index in [0.29, 0.717) is 18.0 Å². The van der Waals surface area contributed by atoms with Gasteiger partial charge < -0.3 is 15.3 Å². The quantitative estimate of drug-likeness (QED) is 0.810. The molecule has 1 aromatic carbocycles. The normalized spacial score (nSPS) is 18.8. The smallest absolute Gasteiger partial charge is 0.0914 e. The van der Waals surface area contributed by atoms with Crippen LogP contribution in [0.4, 0.5) is 0 Å². The van der Waals surface area contributed by atoms with Crippen molar-refractivity contribution in [2.75, 3.05) is 27.2 Å². The fourth-order valence-electron chi connectivity index (χ4n) is 3.03. The Morgan fingerprint density at radius 2 is 1.71 bits per heavy atom. The van der Waals surface area contributed by atoms with Crippen LogP contribution in [0.1, 0.15) is 56.3 Å². The Hall–Kier alpha value is -0.900. The summed E-state index contributed by atoms with van der Waals surface area (Å²) in [6.07, 6.45) is 3.41. The number of aliphatic hydroxyl groups is 1. The molecule has 0 saturated heterocycles. The van der Waals surface area contributed by atoms with Gasteiger partial charge in [-0.25, -0.2) is 0 Å². The number of nitrogens with zero attached hydrogens (tertiary/aromatic N) is 1. The van der Waals surface area contributed by atoms with Crippen LogP contribution >= 0.6 is 0 Å². The fraction of sp³-hybridized carbons (Fsp3) is 0.667. The van der Waals surface area contributed by atoms with E-state index in [2.05, 4.69) is 50.3 Å². The van der Waals surface area contributed by atoms with Crippen LogP contribution in [0.25, 0.3) is 0 Å². The lowest BCUT2D eigenvalue weighted by atomic mass is 9.75.